The van der Waals surface area contributed by atoms with E-state index in [1.807, 2.05) is 0 Å². The molecular weight excluding hydrogens is 210 g/mol. The first-order valence-electron chi connectivity index (χ1n) is 5.13. The zero-order chi connectivity index (χ0) is 12.1. The lowest BCUT2D eigenvalue weighted by atomic mass is 10.2. The highest BCUT2D eigenvalue weighted by molar-refractivity contribution is 5.66. The molecule has 0 aliphatic carbocycles. The minimum absolute atomic E-state index is 0.144. The molecule has 88 valence electrons. The van der Waals surface area contributed by atoms with Gasteiger partial charge in [-0.1, -0.05) is 0 Å². The second kappa shape index (κ2) is 5.34. The minimum atomic E-state index is -0.806. The number of carboxylic acid groups (broad SMARTS) is 1. The standard InChI is InChI=1S/C11H15NO4/c1-8-11(16)9(13)5-7-12(8)6-3-2-4-10(14)15/h5,7,16H,2-4,6H2,1H3,(H,14,15). The first-order chi connectivity index (χ1) is 7.52. The van der Waals surface area contributed by atoms with Crippen LogP contribution in [0.4, 0.5) is 0 Å². The van der Waals surface area contributed by atoms with Gasteiger partial charge in [-0.15, -0.1) is 0 Å². The summed E-state index contributed by atoms with van der Waals surface area (Å²) in [5.41, 5.74) is 0.127. The Morgan fingerprint density at radius 1 is 1.44 bits per heavy atom. The molecule has 0 saturated carbocycles. The highest BCUT2D eigenvalue weighted by atomic mass is 16.4. The third-order valence-corrected chi connectivity index (χ3v) is 2.45. The maximum absolute atomic E-state index is 11.1. The Labute approximate surface area is 93.0 Å². The van der Waals surface area contributed by atoms with Crippen molar-refractivity contribution in [2.24, 2.45) is 0 Å². The van der Waals surface area contributed by atoms with Gasteiger partial charge >= 0.3 is 5.97 Å². The van der Waals surface area contributed by atoms with Crippen LogP contribution in [0.25, 0.3) is 0 Å². The van der Waals surface area contributed by atoms with E-state index in [2.05, 4.69) is 0 Å². The summed E-state index contributed by atoms with van der Waals surface area (Å²) in [6, 6.07) is 1.31. The molecule has 2 N–H and O–H groups in total. The zero-order valence-electron chi connectivity index (χ0n) is 9.14. The summed E-state index contributed by atoms with van der Waals surface area (Å²) < 4.78 is 1.75. The lowest BCUT2D eigenvalue weighted by Gasteiger charge is -2.10. The fourth-order valence-electron chi connectivity index (χ4n) is 1.46. The third-order valence-electron chi connectivity index (χ3n) is 2.45. The fourth-order valence-corrected chi connectivity index (χ4v) is 1.46. The molecule has 0 unspecified atom stereocenters. The molecule has 1 aromatic rings. The van der Waals surface area contributed by atoms with Crippen LogP contribution in [0.15, 0.2) is 17.1 Å². The number of nitrogens with zero attached hydrogens (tertiary/aromatic N) is 1. The fraction of sp³-hybridized carbons (Fsp3) is 0.455. The monoisotopic (exact) mass is 225 g/mol. The van der Waals surface area contributed by atoms with E-state index in [1.165, 1.54) is 6.07 Å². The topological polar surface area (TPSA) is 79.5 Å². The lowest BCUT2D eigenvalue weighted by molar-refractivity contribution is -0.137. The van der Waals surface area contributed by atoms with E-state index in [0.29, 0.717) is 25.1 Å². The van der Waals surface area contributed by atoms with Crippen molar-refractivity contribution >= 4 is 5.97 Å². The van der Waals surface area contributed by atoms with E-state index in [-0.39, 0.29) is 17.6 Å². The van der Waals surface area contributed by atoms with E-state index >= 15 is 0 Å². The molecule has 0 radical (unpaired) electrons. The Kier molecular flexibility index (Phi) is 4.10. The van der Waals surface area contributed by atoms with E-state index in [9.17, 15) is 14.7 Å². The third kappa shape index (κ3) is 3.12. The number of aromatic nitrogens is 1. The molecule has 5 heteroatoms. The number of hydrogen-bond acceptors (Lipinski definition) is 3. The molecule has 0 atom stereocenters. The molecule has 0 saturated heterocycles. The van der Waals surface area contributed by atoms with E-state index in [1.54, 1.807) is 17.7 Å². The van der Waals surface area contributed by atoms with Gasteiger partial charge in [-0.2, -0.15) is 0 Å². The maximum atomic E-state index is 11.1. The first-order valence-corrected chi connectivity index (χ1v) is 5.13. The second-order valence-corrected chi connectivity index (χ2v) is 3.66. The van der Waals surface area contributed by atoms with Gasteiger partial charge in [0.05, 0.1) is 5.69 Å². The van der Waals surface area contributed by atoms with E-state index in [0.717, 1.165) is 0 Å². The minimum Gasteiger partial charge on any atom is -0.503 e. The van der Waals surface area contributed by atoms with Crippen molar-refractivity contribution in [1.82, 2.24) is 4.57 Å². The number of carboxylic acids is 1. The predicted molar refractivity (Wildman–Crippen MR) is 58.6 cm³/mol. The quantitative estimate of drug-likeness (QED) is 0.736. The number of carbonyl (C=O) groups is 1. The van der Waals surface area contributed by atoms with Gasteiger partial charge < -0.3 is 14.8 Å². The smallest absolute Gasteiger partial charge is 0.303 e. The molecule has 0 fully saturated rings. The summed E-state index contributed by atoms with van der Waals surface area (Å²) in [4.78, 5) is 21.4. The van der Waals surface area contributed by atoms with Gasteiger partial charge in [0.25, 0.3) is 0 Å². The van der Waals surface area contributed by atoms with Crippen LogP contribution in [0, 0.1) is 6.92 Å². The van der Waals surface area contributed by atoms with Gasteiger partial charge in [0, 0.05) is 25.2 Å². The zero-order valence-corrected chi connectivity index (χ0v) is 9.14. The van der Waals surface area contributed by atoms with Crippen LogP contribution in [0.5, 0.6) is 5.75 Å². The highest BCUT2D eigenvalue weighted by Crippen LogP contribution is 2.10. The van der Waals surface area contributed by atoms with Crippen molar-refractivity contribution < 1.29 is 15.0 Å². The molecule has 0 bridgehead atoms. The van der Waals surface area contributed by atoms with Crippen LogP contribution in [0.2, 0.25) is 0 Å². The van der Waals surface area contributed by atoms with Crippen LogP contribution >= 0.6 is 0 Å². The number of aryl methyl sites for hydroxylation is 1. The van der Waals surface area contributed by atoms with Crippen LogP contribution < -0.4 is 5.43 Å². The molecule has 5 nitrogen and oxygen atoms in total. The van der Waals surface area contributed by atoms with Gasteiger partial charge in [0.15, 0.2) is 5.75 Å². The molecule has 0 amide bonds. The van der Waals surface area contributed by atoms with Crippen LogP contribution in [-0.4, -0.2) is 20.7 Å². The normalized spacial score (nSPS) is 10.3. The Bertz CT molecular complexity index is 436. The summed E-state index contributed by atoms with van der Waals surface area (Å²) in [7, 11) is 0. The highest BCUT2D eigenvalue weighted by Gasteiger charge is 2.04. The second-order valence-electron chi connectivity index (χ2n) is 3.66. The Morgan fingerprint density at radius 2 is 2.12 bits per heavy atom. The molecule has 1 aromatic heterocycles. The van der Waals surface area contributed by atoms with Crippen molar-refractivity contribution in [1.29, 1.82) is 0 Å². The molecule has 1 heterocycles. The van der Waals surface area contributed by atoms with Gasteiger partial charge in [0.1, 0.15) is 0 Å². The number of rotatable bonds is 5. The Balaban J connectivity index is 2.58. The summed E-state index contributed by atoms with van der Waals surface area (Å²) in [5, 5.41) is 17.9. The molecule has 16 heavy (non-hydrogen) atoms. The summed E-state index contributed by atoms with van der Waals surface area (Å²) in [6.45, 7) is 2.26. The van der Waals surface area contributed by atoms with Gasteiger partial charge in [-0.3, -0.25) is 9.59 Å². The van der Waals surface area contributed by atoms with Crippen molar-refractivity contribution in [2.45, 2.75) is 32.7 Å². The number of pyridine rings is 1. The average molecular weight is 225 g/mol. The summed E-state index contributed by atoms with van der Waals surface area (Å²) in [5.74, 6) is -1.04. The Hall–Kier alpha value is -1.78. The number of aromatic hydroxyl groups is 1. The number of aliphatic carboxylic acids is 1. The predicted octanol–water partition coefficient (Wildman–Crippen LogP) is 1.12. The van der Waals surface area contributed by atoms with Crippen molar-refractivity contribution in [3.8, 4) is 5.75 Å². The van der Waals surface area contributed by atoms with Gasteiger partial charge in [-0.25, -0.2) is 0 Å². The van der Waals surface area contributed by atoms with E-state index < -0.39 is 5.97 Å². The average Bonchev–Trinajstić information content (AvgIpc) is 2.23. The molecule has 0 aliphatic heterocycles. The maximum Gasteiger partial charge on any atom is 0.303 e. The lowest BCUT2D eigenvalue weighted by Crippen LogP contribution is -2.10. The molecule has 0 spiro atoms. The van der Waals surface area contributed by atoms with Crippen molar-refractivity contribution in [2.75, 3.05) is 0 Å². The largest absolute Gasteiger partial charge is 0.503 e. The van der Waals surface area contributed by atoms with E-state index in [4.69, 9.17) is 5.11 Å². The van der Waals surface area contributed by atoms with Crippen LogP contribution in [-0.2, 0) is 11.3 Å². The van der Waals surface area contributed by atoms with Crippen molar-refractivity contribution in [3.05, 3.63) is 28.2 Å². The van der Waals surface area contributed by atoms with Crippen LogP contribution in [0.3, 0.4) is 0 Å². The Morgan fingerprint density at radius 3 is 2.75 bits per heavy atom. The number of hydrogen-bond donors (Lipinski definition) is 2. The summed E-state index contributed by atoms with van der Waals surface area (Å²) >= 11 is 0. The number of unbranched alkanes of at least 4 members (excludes halogenated alkanes) is 1. The first kappa shape index (κ1) is 12.3. The van der Waals surface area contributed by atoms with Crippen LogP contribution in [0.1, 0.15) is 25.0 Å². The molecule has 0 aliphatic rings. The van der Waals surface area contributed by atoms with Crippen molar-refractivity contribution in [3.63, 3.8) is 0 Å². The molecular formula is C11H15NO4. The SMILES string of the molecule is Cc1c(O)c(=O)ccn1CCCCC(=O)O. The molecule has 0 aromatic carbocycles. The summed E-state index contributed by atoms with van der Waals surface area (Å²) in [6.07, 6.45) is 3.04. The molecule has 1 rings (SSSR count). The van der Waals surface area contributed by atoms with Gasteiger partial charge in [0.2, 0.25) is 5.43 Å². The van der Waals surface area contributed by atoms with Gasteiger partial charge in [-0.05, 0) is 19.8 Å².